The molecule has 0 saturated carbocycles. The number of nitrogens with one attached hydrogen (secondary N) is 1. The molecule has 4 aromatic rings. The summed E-state index contributed by atoms with van der Waals surface area (Å²) in [5.74, 6) is 0.848. The second-order valence-corrected chi connectivity index (χ2v) is 5.27. The minimum Gasteiger partial charge on any atom is -0.324 e. The van der Waals surface area contributed by atoms with Crippen molar-refractivity contribution in [2.75, 3.05) is 0 Å². The second-order valence-electron chi connectivity index (χ2n) is 5.27. The summed E-state index contributed by atoms with van der Waals surface area (Å²) in [4.78, 5) is 9.04. The molecule has 0 saturated heterocycles. The normalized spacial score (nSPS) is 11.1. The van der Waals surface area contributed by atoms with Gasteiger partial charge < -0.3 is 4.57 Å². The van der Waals surface area contributed by atoms with Gasteiger partial charge in [0.1, 0.15) is 5.69 Å². The van der Waals surface area contributed by atoms with Crippen molar-refractivity contribution < 1.29 is 0 Å². The number of imidazole rings is 1. The van der Waals surface area contributed by atoms with Crippen molar-refractivity contribution in [2.24, 2.45) is 0 Å². The number of aromatic amines is 1. The van der Waals surface area contributed by atoms with Gasteiger partial charge in [0.2, 0.25) is 0 Å². The third kappa shape index (κ3) is 2.16. The maximum atomic E-state index is 4.56. The molecule has 0 spiro atoms. The van der Waals surface area contributed by atoms with Gasteiger partial charge in [0.25, 0.3) is 0 Å². The number of rotatable bonds is 3. The van der Waals surface area contributed by atoms with E-state index < -0.39 is 0 Å². The molecule has 1 aromatic carbocycles. The molecule has 22 heavy (non-hydrogen) atoms. The molecule has 0 radical (unpaired) electrons. The highest BCUT2D eigenvalue weighted by Crippen LogP contribution is 2.25. The van der Waals surface area contributed by atoms with Crippen LogP contribution < -0.4 is 0 Å². The second kappa shape index (κ2) is 5.11. The zero-order valence-corrected chi connectivity index (χ0v) is 12.2. The van der Waals surface area contributed by atoms with Crippen LogP contribution in [0.25, 0.3) is 22.4 Å². The van der Waals surface area contributed by atoms with Crippen LogP contribution in [0.3, 0.4) is 0 Å². The molecule has 0 atom stereocenters. The van der Waals surface area contributed by atoms with Crippen molar-refractivity contribution >= 4 is 10.9 Å². The first-order valence-electron chi connectivity index (χ1n) is 7.18. The van der Waals surface area contributed by atoms with E-state index in [0.29, 0.717) is 6.54 Å². The molecule has 3 aromatic heterocycles. The number of nitrogens with zero attached hydrogens (tertiary/aromatic N) is 4. The summed E-state index contributed by atoms with van der Waals surface area (Å²) in [5.41, 5.74) is 3.91. The zero-order valence-electron chi connectivity index (χ0n) is 12.2. The van der Waals surface area contributed by atoms with Gasteiger partial charge in [0, 0.05) is 23.5 Å². The van der Waals surface area contributed by atoms with Gasteiger partial charge in [-0.25, -0.2) is 4.98 Å². The minimum absolute atomic E-state index is 0.679. The van der Waals surface area contributed by atoms with Gasteiger partial charge in [0.05, 0.1) is 17.8 Å². The average Bonchev–Trinajstić information content (AvgIpc) is 3.13. The van der Waals surface area contributed by atoms with Crippen molar-refractivity contribution in [3.05, 3.63) is 66.2 Å². The van der Waals surface area contributed by atoms with Crippen LogP contribution in [0.5, 0.6) is 0 Å². The number of para-hydroxylation sites is 1. The van der Waals surface area contributed by atoms with E-state index in [2.05, 4.69) is 30.8 Å². The van der Waals surface area contributed by atoms with Crippen molar-refractivity contribution in [3.63, 3.8) is 0 Å². The summed E-state index contributed by atoms with van der Waals surface area (Å²) in [6.07, 6.45) is 3.76. The Hall–Kier alpha value is -2.95. The van der Waals surface area contributed by atoms with Crippen LogP contribution in [-0.4, -0.2) is 24.7 Å². The molecule has 0 aliphatic heterocycles. The van der Waals surface area contributed by atoms with Gasteiger partial charge in [-0.15, -0.1) is 0 Å². The highest BCUT2D eigenvalue weighted by atomic mass is 15.2. The lowest BCUT2D eigenvalue weighted by Crippen LogP contribution is -2.03. The number of aryl methyl sites for hydroxylation is 1. The van der Waals surface area contributed by atoms with E-state index in [-0.39, 0.29) is 0 Å². The first-order chi connectivity index (χ1) is 10.8. The van der Waals surface area contributed by atoms with Gasteiger partial charge in [-0.05, 0) is 25.1 Å². The van der Waals surface area contributed by atoms with Crippen LogP contribution in [0.2, 0.25) is 0 Å². The smallest absolute Gasteiger partial charge is 0.161 e. The standard InChI is InChI=1S/C17H15N5/c1-12-5-4-6-13(19-12)11-22-10-9-18-17(22)16-14-7-2-3-8-15(14)20-21-16/h2-10H,11H2,1H3,(H,20,21). The number of pyridine rings is 1. The van der Waals surface area contributed by atoms with Crippen molar-refractivity contribution in [2.45, 2.75) is 13.5 Å². The number of benzene rings is 1. The zero-order chi connectivity index (χ0) is 14.9. The molecular weight excluding hydrogens is 274 g/mol. The molecule has 0 fully saturated rings. The Morgan fingerprint density at radius 1 is 1.09 bits per heavy atom. The number of fused-ring (bicyclic) bond motifs is 1. The monoisotopic (exact) mass is 289 g/mol. The van der Waals surface area contributed by atoms with Crippen LogP contribution in [0.4, 0.5) is 0 Å². The van der Waals surface area contributed by atoms with E-state index in [4.69, 9.17) is 0 Å². The minimum atomic E-state index is 0.679. The third-order valence-corrected chi connectivity index (χ3v) is 3.68. The van der Waals surface area contributed by atoms with E-state index in [0.717, 1.165) is 33.8 Å². The van der Waals surface area contributed by atoms with Crippen LogP contribution in [-0.2, 0) is 6.54 Å². The Morgan fingerprint density at radius 2 is 2.00 bits per heavy atom. The third-order valence-electron chi connectivity index (χ3n) is 3.68. The van der Waals surface area contributed by atoms with Crippen molar-refractivity contribution in [1.29, 1.82) is 0 Å². The molecule has 0 bridgehead atoms. The molecule has 0 unspecified atom stereocenters. The van der Waals surface area contributed by atoms with Gasteiger partial charge >= 0.3 is 0 Å². The fourth-order valence-electron chi connectivity index (χ4n) is 2.65. The predicted molar refractivity (Wildman–Crippen MR) is 85.4 cm³/mol. The van der Waals surface area contributed by atoms with Crippen LogP contribution in [0.1, 0.15) is 11.4 Å². The Morgan fingerprint density at radius 3 is 2.91 bits per heavy atom. The maximum absolute atomic E-state index is 4.56. The Labute approximate surface area is 127 Å². The predicted octanol–water partition coefficient (Wildman–Crippen LogP) is 3.18. The summed E-state index contributed by atoms with van der Waals surface area (Å²) in [6, 6.07) is 14.1. The SMILES string of the molecule is Cc1cccc(Cn2ccnc2-c2n[nH]c3ccccc23)n1. The Kier molecular flexibility index (Phi) is 2.96. The first-order valence-corrected chi connectivity index (χ1v) is 7.18. The van der Waals surface area contributed by atoms with E-state index in [9.17, 15) is 0 Å². The lowest BCUT2D eigenvalue weighted by atomic mass is 10.2. The van der Waals surface area contributed by atoms with Crippen molar-refractivity contribution in [3.8, 4) is 11.5 Å². The molecule has 0 amide bonds. The summed E-state index contributed by atoms with van der Waals surface area (Å²) in [5, 5.41) is 8.56. The summed E-state index contributed by atoms with van der Waals surface area (Å²) >= 11 is 0. The average molecular weight is 289 g/mol. The fourth-order valence-corrected chi connectivity index (χ4v) is 2.65. The molecule has 0 aliphatic carbocycles. The molecule has 0 aliphatic rings. The lowest BCUT2D eigenvalue weighted by Gasteiger charge is -2.06. The molecule has 1 N–H and O–H groups in total. The quantitative estimate of drug-likeness (QED) is 0.630. The lowest BCUT2D eigenvalue weighted by molar-refractivity contribution is 0.775. The van der Waals surface area contributed by atoms with Gasteiger partial charge in [-0.2, -0.15) is 5.10 Å². The molecule has 3 heterocycles. The Balaban J connectivity index is 1.77. The van der Waals surface area contributed by atoms with Gasteiger partial charge in [-0.1, -0.05) is 24.3 Å². The highest BCUT2D eigenvalue weighted by molar-refractivity contribution is 5.91. The summed E-state index contributed by atoms with van der Waals surface area (Å²) in [6.45, 7) is 2.68. The Bertz CT molecular complexity index is 935. The van der Waals surface area contributed by atoms with Gasteiger partial charge in [0.15, 0.2) is 5.82 Å². The largest absolute Gasteiger partial charge is 0.324 e. The van der Waals surface area contributed by atoms with E-state index in [1.165, 1.54) is 0 Å². The molecule has 108 valence electrons. The van der Waals surface area contributed by atoms with Crippen LogP contribution >= 0.6 is 0 Å². The van der Waals surface area contributed by atoms with Gasteiger partial charge in [-0.3, -0.25) is 10.1 Å². The van der Waals surface area contributed by atoms with E-state index in [1.807, 2.05) is 49.5 Å². The molecule has 5 nitrogen and oxygen atoms in total. The molecule has 4 rings (SSSR count). The topological polar surface area (TPSA) is 59.4 Å². The fraction of sp³-hybridized carbons (Fsp3) is 0.118. The molecular formula is C17H15N5. The number of aromatic nitrogens is 5. The highest BCUT2D eigenvalue weighted by Gasteiger charge is 2.13. The number of H-pyrrole nitrogens is 1. The number of hydrogen-bond acceptors (Lipinski definition) is 3. The molecule has 5 heteroatoms. The van der Waals surface area contributed by atoms with E-state index >= 15 is 0 Å². The van der Waals surface area contributed by atoms with Crippen LogP contribution in [0, 0.1) is 6.92 Å². The van der Waals surface area contributed by atoms with Crippen molar-refractivity contribution in [1.82, 2.24) is 24.7 Å². The van der Waals surface area contributed by atoms with Crippen LogP contribution in [0.15, 0.2) is 54.9 Å². The van der Waals surface area contributed by atoms with E-state index in [1.54, 1.807) is 6.20 Å². The number of hydrogen-bond donors (Lipinski definition) is 1. The first kappa shape index (κ1) is 12.8. The maximum Gasteiger partial charge on any atom is 0.161 e. The summed E-state index contributed by atoms with van der Waals surface area (Å²) in [7, 11) is 0. The summed E-state index contributed by atoms with van der Waals surface area (Å²) < 4.78 is 2.07.